The Morgan fingerprint density at radius 1 is 1.39 bits per heavy atom. The number of nitrogens with zero attached hydrogens (tertiary/aromatic N) is 1. The lowest BCUT2D eigenvalue weighted by Crippen LogP contribution is -2.46. The minimum absolute atomic E-state index is 0.373. The van der Waals surface area contributed by atoms with E-state index in [1.165, 1.54) is 0 Å². The van der Waals surface area contributed by atoms with E-state index < -0.39 is 5.54 Å². The molecule has 0 radical (unpaired) electrons. The number of benzene rings is 1. The molecular weight excluding hydrogens is 288 g/mol. The molecule has 0 amide bonds. The Morgan fingerprint density at radius 3 is 2.72 bits per heavy atom. The van der Waals surface area contributed by atoms with Gasteiger partial charge in [0.25, 0.3) is 0 Å². The largest absolute Gasteiger partial charge is 0.366 e. The van der Waals surface area contributed by atoms with Gasteiger partial charge < -0.3 is 5.32 Å². The quantitative estimate of drug-likeness (QED) is 0.868. The third-order valence-corrected chi connectivity index (χ3v) is 4.75. The van der Waals surface area contributed by atoms with Crippen LogP contribution in [0.5, 0.6) is 0 Å². The summed E-state index contributed by atoms with van der Waals surface area (Å²) in [5.41, 5.74) is 0.594. The van der Waals surface area contributed by atoms with Crippen LogP contribution in [-0.4, -0.2) is 5.54 Å². The molecule has 2 rings (SSSR count). The third kappa shape index (κ3) is 2.54. The fourth-order valence-electron chi connectivity index (χ4n) is 2.83. The maximum atomic E-state index is 9.62. The van der Waals surface area contributed by atoms with Crippen LogP contribution in [0.2, 0.25) is 0 Å². The molecule has 2 nitrogen and oxygen atoms in total. The fraction of sp³-hybridized carbons (Fsp3) is 0.533. The summed E-state index contributed by atoms with van der Waals surface area (Å²) in [7, 11) is 0. The summed E-state index contributed by atoms with van der Waals surface area (Å²) in [4.78, 5) is 0. The fourth-order valence-corrected chi connectivity index (χ4v) is 3.21. The molecule has 1 aliphatic rings. The molecule has 96 valence electrons. The van der Waals surface area contributed by atoms with Crippen LogP contribution < -0.4 is 5.32 Å². The normalized spacial score (nSPS) is 31.7. The Hall–Kier alpha value is -1.01. The van der Waals surface area contributed by atoms with Crippen LogP contribution >= 0.6 is 15.9 Å². The van der Waals surface area contributed by atoms with E-state index in [-0.39, 0.29) is 0 Å². The van der Waals surface area contributed by atoms with Gasteiger partial charge in [0.1, 0.15) is 5.54 Å². The number of rotatable bonds is 2. The van der Waals surface area contributed by atoms with Gasteiger partial charge in [-0.3, -0.25) is 0 Å². The summed E-state index contributed by atoms with van der Waals surface area (Å²) in [5.74, 6) is 1.10. The maximum Gasteiger partial charge on any atom is 0.128 e. The number of hydrogen-bond donors (Lipinski definition) is 1. The lowest BCUT2D eigenvalue weighted by molar-refractivity contribution is 0.229. The van der Waals surface area contributed by atoms with Crippen molar-refractivity contribution in [1.29, 1.82) is 5.26 Å². The van der Waals surface area contributed by atoms with E-state index in [1.807, 2.05) is 24.3 Å². The number of nitriles is 1. The topological polar surface area (TPSA) is 35.8 Å². The van der Waals surface area contributed by atoms with Gasteiger partial charge >= 0.3 is 0 Å². The molecule has 0 bridgehead atoms. The van der Waals surface area contributed by atoms with E-state index >= 15 is 0 Å². The van der Waals surface area contributed by atoms with Crippen LogP contribution in [0.4, 0.5) is 5.69 Å². The molecular formula is C15H19BrN2. The number of para-hydroxylation sites is 1. The van der Waals surface area contributed by atoms with E-state index in [0.29, 0.717) is 5.92 Å². The van der Waals surface area contributed by atoms with Gasteiger partial charge in [-0.05, 0) is 59.2 Å². The first kappa shape index (κ1) is 13.4. The van der Waals surface area contributed by atoms with Crippen LogP contribution in [0.25, 0.3) is 0 Å². The lowest BCUT2D eigenvalue weighted by atomic mass is 9.70. The van der Waals surface area contributed by atoms with Crippen molar-refractivity contribution >= 4 is 21.6 Å². The van der Waals surface area contributed by atoms with E-state index in [4.69, 9.17) is 0 Å². The summed E-state index contributed by atoms with van der Waals surface area (Å²) in [6, 6.07) is 10.5. The molecule has 0 saturated heterocycles. The summed E-state index contributed by atoms with van der Waals surface area (Å²) in [6.07, 6.45) is 3.16. The van der Waals surface area contributed by atoms with Crippen LogP contribution in [0, 0.1) is 23.2 Å². The highest BCUT2D eigenvalue weighted by atomic mass is 79.9. The number of halogens is 1. The molecule has 3 unspecified atom stereocenters. The molecule has 1 fully saturated rings. The maximum absolute atomic E-state index is 9.62. The zero-order chi connectivity index (χ0) is 13.2. The zero-order valence-corrected chi connectivity index (χ0v) is 12.5. The smallest absolute Gasteiger partial charge is 0.128 e. The van der Waals surface area contributed by atoms with E-state index in [9.17, 15) is 5.26 Å². The molecule has 1 N–H and O–H groups in total. The first-order valence-electron chi connectivity index (χ1n) is 6.51. The van der Waals surface area contributed by atoms with Crippen molar-refractivity contribution in [3.05, 3.63) is 28.7 Å². The van der Waals surface area contributed by atoms with Gasteiger partial charge in [-0.15, -0.1) is 0 Å². The molecule has 0 aromatic heterocycles. The molecule has 0 heterocycles. The van der Waals surface area contributed by atoms with Crippen LogP contribution in [-0.2, 0) is 0 Å². The number of anilines is 1. The SMILES string of the molecule is CC1CCC(C#N)(Nc2ccccc2Br)C(C)C1. The van der Waals surface area contributed by atoms with Crippen molar-refractivity contribution in [2.75, 3.05) is 5.32 Å². The van der Waals surface area contributed by atoms with Crippen molar-refractivity contribution in [1.82, 2.24) is 0 Å². The standard InChI is InChI=1S/C15H19BrN2/c1-11-7-8-15(10-17,12(2)9-11)18-14-6-4-3-5-13(14)16/h3-6,11-12,18H,7-9H2,1-2H3. The molecule has 0 aliphatic heterocycles. The van der Waals surface area contributed by atoms with Crippen molar-refractivity contribution in [2.24, 2.45) is 11.8 Å². The van der Waals surface area contributed by atoms with Gasteiger partial charge in [0.05, 0.1) is 6.07 Å². The Morgan fingerprint density at radius 2 is 2.11 bits per heavy atom. The highest BCUT2D eigenvalue weighted by Gasteiger charge is 2.40. The zero-order valence-electron chi connectivity index (χ0n) is 10.9. The summed E-state index contributed by atoms with van der Waals surface area (Å²) < 4.78 is 1.02. The molecule has 1 aromatic carbocycles. The Kier molecular flexibility index (Phi) is 3.97. The molecule has 18 heavy (non-hydrogen) atoms. The van der Waals surface area contributed by atoms with E-state index in [2.05, 4.69) is 41.2 Å². The van der Waals surface area contributed by atoms with Gasteiger partial charge in [0.2, 0.25) is 0 Å². The predicted octanol–water partition coefficient (Wildman–Crippen LogP) is 4.58. The van der Waals surface area contributed by atoms with Gasteiger partial charge in [0.15, 0.2) is 0 Å². The molecule has 1 aliphatic carbocycles. The average Bonchev–Trinajstić information content (AvgIpc) is 2.36. The summed E-state index contributed by atoms with van der Waals surface area (Å²) in [6.45, 7) is 4.46. The van der Waals surface area contributed by atoms with Gasteiger partial charge in [0, 0.05) is 10.2 Å². The first-order chi connectivity index (χ1) is 8.57. The van der Waals surface area contributed by atoms with Crippen LogP contribution in [0.15, 0.2) is 28.7 Å². The second-order valence-electron chi connectivity index (χ2n) is 5.47. The summed E-state index contributed by atoms with van der Waals surface area (Å²) in [5, 5.41) is 13.1. The van der Waals surface area contributed by atoms with Crippen LogP contribution in [0.3, 0.4) is 0 Å². The lowest BCUT2D eigenvalue weighted by Gasteiger charge is -2.41. The predicted molar refractivity (Wildman–Crippen MR) is 78.3 cm³/mol. The minimum atomic E-state index is -0.420. The average molecular weight is 307 g/mol. The van der Waals surface area contributed by atoms with Gasteiger partial charge in [-0.1, -0.05) is 26.0 Å². The molecule has 3 atom stereocenters. The second-order valence-corrected chi connectivity index (χ2v) is 6.32. The van der Waals surface area contributed by atoms with E-state index in [1.54, 1.807) is 0 Å². The van der Waals surface area contributed by atoms with Gasteiger partial charge in [-0.2, -0.15) is 5.26 Å². The molecule has 0 spiro atoms. The highest BCUT2D eigenvalue weighted by molar-refractivity contribution is 9.10. The third-order valence-electron chi connectivity index (χ3n) is 4.06. The minimum Gasteiger partial charge on any atom is -0.366 e. The molecule has 1 saturated carbocycles. The Bertz CT molecular complexity index is 466. The van der Waals surface area contributed by atoms with Crippen molar-refractivity contribution in [3.8, 4) is 6.07 Å². The van der Waals surface area contributed by atoms with Gasteiger partial charge in [-0.25, -0.2) is 0 Å². The molecule has 3 heteroatoms. The summed E-state index contributed by atoms with van der Waals surface area (Å²) >= 11 is 3.54. The Labute approximate surface area is 118 Å². The number of hydrogen-bond acceptors (Lipinski definition) is 2. The van der Waals surface area contributed by atoms with E-state index in [0.717, 1.165) is 35.3 Å². The second kappa shape index (κ2) is 5.32. The Balaban J connectivity index is 2.24. The van der Waals surface area contributed by atoms with Crippen molar-refractivity contribution < 1.29 is 0 Å². The first-order valence-corrected chi connectivity index (χ1v) is 7.30. The van der Waals surface area contributed by atoms with Crippen LogP contribution in [0.1, 0.15) is 33.1 Å². The van der Waals surface area contributed by atoms with Crippen molar-refractivity contribution in [2.45, 2.75) is 38.6 Å². The number of nitrogens with one attached hydrogen (secondary N) is 1. The highest BCUT2D eigenvalue weighted by Crippen LogP contribution is 2.39. The van der Waals surface area contributed by atoms with Crippen molar-refractivity contribution in [3.63, 3.8) is 0 Å². The monoisotopic (exact) mass is 306 g/mol. The molecule has 1 aromatic rings.